The number of hydrogen-bond acceptors (Lipinski definition) is 11. The van der Waals surface area contributed by atoms with Crippen molar-refractivity contribution in [2.24, 2.45) is 0 Å². The monoisotopic (exact) mass is 1050 g/mol. The van der Waals surface area contributed by atoms with Crippen LogP contribution in [0.15, 0.2) is 109 Å². The normalized spacial score (nSPS) is 19.0. The maximum atomic E-state index is 13.1. The lowest BCUT2D eigenvalue weighted by Crippen LogP contribution is -2.61. The summed E-state index contributed by atoms with van der Waals surface area (Å²) in [5, 5.41) is 31.4. The molecule has 0 spiro atoms. The lowest BCUT2D eigenvalue weighted by molar-refractivity contribution is -0.301. The van der Waals surface area contributed by atoms with Crippen LogP contribution in [0.25, 0.3) is 0 Å². The number of carbonyl (C=O) groups is 4. The maximum absolute atomic E-state index is 13.1. The van der Waals surface area contributed by atoms with E-state index in [-0.39, 0.29) is 25.9 Å². The Kier molecular flexibility index (Phi) is 45.8. The highest BCUT2D eigenvalue weighted by atomic mass is 16.7. The predicted molar refractivity (Wildman–Crippen MR) is 303 cm³/mol. The van der Waals surface area contributed by atoms with Crippen LogP contribution in [-0.4, -0.2) is 89.2 Å². The number of allylic oxidation sites excluding steroid dienone is 18. The van der Waals surface area contributed by atoms with Crippen LogP contribution in [0, 0.1) is 0 Å². The summed E-state index contributed by atoms with van der Waals surface area (Å²) in [4.78, 5) is 51.0. The van der Waals surface area contributed by atoms with E-state index in [0.717, 1.165) is 109 Å². The molecule has 6 atom stereocenters. The summed E-state index contributed by atoms with van der Waals surface area (Å²) in [6.07, 6.45) is 55.1. The zero-order chi connectivity index (χ0) is 54.7. The molecule has 1 rings (SSSR count). The average Bonchev–Trinajstić information content (AvgIpc) is 3.39. The van der Waals surface area contributed by atoms with E-state index in [1.165, 1.54) is 38.5 Å². The summed E-state index contributed by atoms with van der Waals surface area (Å²) >= 11 is 0. The minimum Gasteiger partial charge on any atom is -0.479 e. The third kappa shape index (κ3) is 40.3. The van der Waals surface area contributed by atoms with Gasteiger partial charge in [0.1, 0.15) is 18.8 Å². The van der Waals surface area contributed by atoms with Crippen molar-refractivity contribution in [1.29, 1.82) is 0 Å². The van der Waals surface area contributed by atoms with Gasteiger partial charge in [0.05, 0.1) is 6.61 Å². The first-order chi connectivity index (χ1) is 36.6. The van der Waals surface area contributed by atoms with E-state index in [0.29, 0.717) is 25.7 Å². The predicted octanol–water partition coefficient (Wildman–Crippen LogP) is 14.7. The molecule has 1 aliphatic rings. The number of ether oxygens (including phenoxy) is 5. The van der Waals surface area contributed by atoms with E-state index in [4.69, 9.17) is 23.7 Å². The molecule has 0 aromatic rings. The lowest BCUT2D eigenvalue weighted by atomic mass is 9.98. The maximum Gasteiger partial charge on any atom is 0.335 e. The third-order valence-corrected chi connectivity index (χ3v) is 12.3. The molecule has 0 saturated carbocycles. The van der Waals surface area contributed by atoms with Gasteiger partial charge in [-0.1, -0.05) is 194 Å². The molecule has 1 saturated heterocycles. The van der Waals surface area contributed by atoms with Crippen molar-refractivity contribution in [1.82, 2.24) is 0 Å². The second-order valence-corrected chi connectivity index (χ2v) is 19.2. The van der Waals surface area contributed by atoms with Gasteiger partial charge < -0.3 is 39.0 Å². The van der Waals surface area contributed by atoms with Crippen LogP contribution in [0.1, 0.15) is 213 Å². The van der Waals surface area contributed by atoms with Crippen molar-refractivity contribution in [2.45, 2.75) is 250 Å². The quantitative estimate of drug-likeness (QED) is 0.0228. The summed E-state index contributed by atoms with van der Waals surface area (Å²) in [6.45, 7) is 5.68. The van der Waals surface area contributed by atoms with Crippen LogP contribution in [0.5, 0.6) is 0 Å². The first-order valence-electron chi connectivity index (χ1n) is 28.9. The molecular weight excluding hydrogens is 949 g/mol. The Morgan fingerprint density at radius 3 is 1.35 bits per heavy atom. The summed E-state index contributed by atoms with van der Waals surface area (Å²) in [7, 11) is 0. The lowest BCUT2D eigenvalue weighted by Gasteiger charge is -2.40. The Hall–Kier alpha value is -4.62. The van der Waals surface area contributed by atoms with Crippen molar-refractivity contribution < 1.29 is 58.2 Å². The Labute approximate surface area is 453 Å². The van der Waals surface area contributed by atoms with Gasteiger partial charge in [-0.25, -0.2) is 4.79 Å². The van der Waals surface area contributed by atoms with E-state index in [1.807, 2.05) is 18.2 Å². The zero-order valence-corrected chi connectivity index (χ0v) is 46.5. The van der Waals surface area contributed by atoms with Crippen molar-refractivity contribution in [2.75, 3.05) is 13.2 Å². The second kappa shape index (κ2) is 50.2. The van der Waals surface area contributed by atoms with Gasteiger partial charge in [-0.05, 0) is 109 Å². The smallest absolute Gasteiger partial charge is 0.335 e. The molecule has 3 N–H and O–H groups in total. The highest BCUT2D eigenvalue weighted by Gasteiger charge is 2.50. The van der Waals surface area contributed by atoms with Crippen LogP contribution >= 0.6 is 0 Å². The van der Waals surface area contributed by atoms with Gasteiger partial charge in [-0.3, -0.25) is 14.4 Å². The molecule has 1 aliphatic heterocycles. The van der Waals surface area contributed by atoms with Gasteiger partial charge in [0.25, 0.3) is 0 Å². The average molecular weight is 1050 g/mol. The molecule has 12 heteroatoms. The van der Waals surface area contributed by atoms with Crippen LogP contribution in [0.3, 0.4) is 0 Å². The summed E-state index contributed by atoms with van der Waals surface area (Å²) in [6, 6.07) is 0. The van der Waals surface area contributed by atoms with E-state index in [9.17, 15) is 34.5 Å². The fraction of sp³-hybridized carbons (Fsp3) is 0.651. The summed E-state index contributed by atoms with van der Waals surface area (Å²) < 4.78 is 28.3. The molecular formula is C63H100O12. The Morgan fingerprint density at radius 1 is 0.453 bits per heavy atom. The fourth-order valence-corrected chi connectivity index (χ4v) is 7.95. The minimum atomic E-state index is -1.94. The number of esters is 3. The number of unbranched alkanes of at least 4 members (excludes halogenated alkanes) is 15. The molecule has 75 heavy (non-hydrogen) atoms. The number of carbonyl (C=O) groups excluding carboxylic acids is 3. The SMILES string of the molecule is CC/C=C\C/C=C\C/C=C\C/C=C\CCCCCCC(=O)OCC(COC1OC(C(=O)O)C(O)C(O)C1OC(=O)CC/C=C\C/C=C\C/C=C\C/C=C\CC)OC(=O)CCCCCCC/C=C\CCCCCCCC. The van der Waals surface area contributed by atoms with Gasteiger partial charge in [0, 0.05) is 19.3 Å². The standard InChI is InChI=1S/C63H100O12/c1-4-7-10-13-16-19-22-25-27-28-30-32-34-37-40-43-46-49-55(64)71-52-54(73-56(65)50-47-44-41-38-36-33-29-26-23-20-17-14-11-8-5-2)53-72-63-61(59(68)58(67)60(75-63)62(69)70)74-57(66)51-48-45-42-39-35-31-24-21-18-15-12-9-6-3/h7,9-10,12,16,18-19,21,25-27,29-32,35,42,45,54,58-61,63,67-68H,4-6,8,11,13-15,17,20,22-24,28,33-34,36-41,43-44,46-53H2,1-3H3,(H,69,70)/b10-7-,12-9-,19-16-,21-18-,27-25-,29-26-,32-30-,35-31-,45-42-. The van der Waals surface area contributed by atoms with Crippen molar-refractivity contribution >= 4 is 23.9 Å². The molecule has 1 heterocycles. The first kappa shape index (κ1) is 68.4. The Morgan fingerprint density at radius 2 is 0.867 bits per heavy atom. The second-order valence-electron chi connectivity index (χ2n) is 19.2. The molecule has 6 unspecified atom stereocenters. The van der Waals surface area contributed by atoms with Crippen molar-refractivity contribution in [3.05, 3.63) is 109 Å². The van der Waals surface area contributed by atoms with Crippen LogP contribution in [0.2, 0.25) is 0 Å². The highest BCUT2D eigenvalue weighted by molar-refractivity contribution is 5.74. The van der Waals surface area contributed by atoms with Crippen LogP contribution in [-0.2, 0) is 42.9 Å². The van der Waals surface area contributed by atoms with Crippen LogP contribution in [0.4, 0.5) is 0 Å². The zero-order valence-electron chi connectivity index (χ0n) is 46.5. The van der Waals surface area contributed by atoms with Gasteiger partial charge in [0.15, 0.2) is 24.6 Å². The molecule has 0 radical (unpaired) electrons. The molecule has 424 valence electrons. The number of aliphatic carboxylic acids is 1. The molecule has 0 aromatic heterocycles. The highest BCUT2D eigenvalue weighted by Crippen LogP contribution is 2.26. The van der Waals surface area contributed by atoms with E-state index in [1.54, 1.807) is 0 Å². The fourth-order valence-electron chi connectivity index (χ4n) is 7.95. The summed E-state index contributed by atoms with van der Waals surface area (Å²) in [5.74, 6) is -3.28. The van der Waals surface area contributed by atoms with Gasteiger partial charge in [-0.15, -0.1) is 0 Å². The first-order valence-corrected chi connectivity index (χ1v) is 28.9. The molecule has 12 nitrogen and oxygen atoms in total. The van der Waals surface area contributed by atoms with E-state index < -0.39 is 67.3 Å². The number of carboxylic acids is 1. The molecule has 0 aromatic carbocycles. The topological polar surface area (TPSA) is 175 Å². The Balaban J connectivity index is 2.76. The van der Waals surface area contributed by atoms with Crippen LogP contribution < -0.4 is 0 Å². The molecule has 1 fully saturated rings. The van der Waals surface area contributed by atoms with Crippen molar-refractivity contribution in [3.63, 3.8) is 0 Å². The summed E-state index contributed by atoms with van der Waals surface area (Å²) in [5.41, 5.74) is 0. The number of aliphatic hydroxyl groups excluding tert-OH is 2. The molecule has 0 bridgehead atoms. The van der Waals surface area contributed by atoms with E-state index in [2.05, 4.69) is 112 Å². The number of hydrogen-bond donors (Lipinski definition) is 3. The number of rotatable bonds is 47. The van der Waals surface area contributed by atoms with Crippen molar-refractivity contribution in [3.8, 4) is 0 Å². The number of carboxylic acid groups (broad SMARTS) is 1. The third-order valence-electron chi connectivity index (χ3n) is 12.3. The Bertz CT molecular complexity index is 1720. The van der Waals surface area contributed by atoms with Gasteiger partial charge >= 0.3 is 23.9 Å². The van der Waals surface area contributed by atoms with Gasteiger partial charge in [0.2, 0.25) is 0 Å². The van der Waals surface area contributed by atoms with Gasteiger partial charge in [-0.2, -0.15) is 0 Å². The largest absolute Gasteiger partial charge is 0.479 e. The van der Waals surface area contributed by atoms with E-state index >= 15 is 0 Å². The molecule has 0 aliphatic carbocycles. The minimum absolute atomic E-state index is 0.0690. The number of aliphatic hydroxyl groups is 2. The molecule has 0 amide bonds.